The van der Waals surface area contributed by atoms with E-state index in [2.05, 4.69) is 5.32 Å². The van der Waals surface area contributed by atoms with Gasteiger partial charge in [0.25, 0.3) is 10.1 Å². The van der Waals surface area contributed by atoms with Crippen LogP contribution in [-0.2, 0) is 19.7 Å². The van der Waals surface area contributed by atoms with Crippen LogP contribution in [0.3, 0.4) is 0 Å². The van der Waals surface area contributed by atoms with Crippen LogP contribution in [0.25, 0.3) is 0 Å². The van der Waals surface area contributed by atoms with Gasteiger partial charge in [0.2, 0.25) is 0 Å². The first-order chi connectivity index (χ1) is 8.62. The van der Waals surface area contributed by atoms with Gasteiger partial charge in [-0.05, 0) is 31.5 Å². The molecule has 0 aromatic heterocycles. The van der Waals surface area contributed by atoms with Gasteiger partial charge in [-0.25, -0.2) is 4.79 Å². The monoisotopic (exact) mass is 287 g/mol. The summed E-state index contributed by atoms with van der Waals surface area (Å²) in [6.45, 7) is 2.58. The Morgan fingerprint density at radius 2 is 1.89 bits per heavy atom. The van der Waals surface area contributed by atoms with E-state index in [9.17, 15) is 18.0 Å². The van der Waals surface area contributed by atoms with Crippen LogP contribution in [0.2, 0.25) is 0 Å². The second-order valence-corrected chi connectivity index (χ2v) is 5.37. The highest BCUT2D eigenvalue weighted by Gasteiger charge is 2.23. The number of carbonyl (C=O) groups excluding carboxylic acids is 1. The zero-order valence-corrected chi connectivity index (χ0v) is 11.1. The lowest BCUT2D eigenvalue weighted by Crippen LogP contribution is -2.35. The second-order valence-electron chi connectivity index (χ2n) is 3.98. The van der Waals surface area contributed by atoms with Crippen molar-refractivity contribution < 1.29 is 27.7 Å². The molecule has 8 heteroatoms. The molecule has 1 aromatic rings. The number of carbonyl (C=O) groups is 2. The minimum Gasteiger partial charge on any atom is -0.479 e. The first kappa shape index (κ1) is 15.1. The van der Waals surface area contributed by atoms with E-state index in [0.717, 1.165) is 13.0 Å². The van der Waals surface area contributed by atoms with Gasteiger partial charge in [-0.3, -0.25) is 9.35 Å². The number of carboxylic acid groups (broad SMARTS) is 1. The molecule has 19 heavy (non-hydrogen) atoms. The molecule has 0 amide bonds. The van der Waals surface area contributed by atoms with Crippen molar-refractivity contribution in [1.82, 2.24) is 0 Å². The molecule has 0 fully saturated rings. The largest absolute Gasteiger partial charge is 0.479 e. The van der Waals surface area contributed by atoms with Crippen LogP contribution in [0.15, 0.2) is 23.1 Å². The molecule has 7 nitrogen and oxygen atoms in total. The minimum absolute atomic E-state index is 0.112. The van der Waals surface area contributed by atoms with Gasteiger partial charge in [0.05, 0.1) is 4.90 Å². The Hall–Kier alpha value is -1.93. The summed E-state index contributed by atoms with van der Waals surface area (Å²) in [4.78, 5) is 21.6. The standard InChI is InChI=1S/C11H13NO6S/c1-6-3-4-8(5-9(6)19(16,17)18)12-10(7(2)13)11(14)15/h3-5,10,12H,1-2H3,(H,14,15)(H,16,17,18). The Bertz CT molecular complexity index is 608. The molecule has 0 saturated carbocycles. The third-order valence-electron chi connectivity index (χ3n) is 2.43. The number of nitrogens with one attached hydrogen (secondary N) is 1. The molecule has 0 bridgehead atoms. The summed E-state index contributed by atoms with van der Waals surface area (Å²) in [5.74, 6) is -2.00. The number of hydrogen-bond acceptors (Lipinski definition) is 5. The summed E-state index contributed by atoms with van der Waals surface area (Å²) in [5, 5.41) is 11.2. The molecular formula is C11H13NO6S. The molecule has 0 heterocycles. The Morgan fingerprint density at radius 1 is 1.32 bits per heavy atom. The molecule has 1 unspecified atom stereocenters. The van der Waals surface area contributed by atoms with Crippen molar-refractivity contribution >= 4 is 27.6 Å². The number of benzene rings is 1. The normalized spacial score (nSPS) is 12.8. The molecule has 1 aromatic carbocycles. The van der Waals surface area contributed by atoms with Gasteiger partial charge in [0, 0.05) is 5.69 Å². The second kappa shape index (κ2) is 5.37. The van der Waals surface area contributed by atoms with Crippen molar-refractivity contribution in [2.75, 3.05) is 5.32 Å². The summed E-state index contributed by atoms with van der Waals surface area (Å²) in [6, 6.07) is 2.41. The molecule has 104 valence electrons. The van der Waals surface area contributed by atoms with Gasteiger partial charge < -0.3 is 10.4 Å². The van der Waals surface area contributed by atoms with Crippen molar-refractivity contribution in [3.63, 3.8) is 0 Å². The quantitative estimate of drug-likeness (QED) is 0.538. The van der Waals surface area contributed by atoms with Gasteiger partial charge in [-0.1, -0.05) is 6.07 Å². The first-order valence-corrected chi connectivity index (χ1v) is 6.65. The number of hydrogen-bond donors (Lipinski definition) is 3. The SMILES string of the molecule is CC(=O)C(Nc1ccc(C)c(S(=O)(=O)O)c1)C(=O)O. The smallest absolute Gasteiger partial charge is 0.333 e. The number of aliphatic carboxylic acids is 1. The summed E-state index contributed by atoms with van der Waals surface area (Å²) in [6.07, 6.45) is 0. The van der Waals surface area contributed by atoms with E-state index in [-0.39, 0.29) is 10.6 Å². The van der Waals surface area contributed by atoms with Crippen molar-refractivity contribution in [2.45, 2.75) is 24.8 Å². The highest BCUT2D eigenvalue weighted by atomic mass is 32.2. The molecule has 0 aliphatic carbocycles. The summed E-state index contributed by atoms with van der Waals surface area (Å²) in [5.41, 5.74) is 0.420. The van der Waals surface area contributed by atoms with E-state index in [1.165, 1.54) is 19.1 Å². The van der Waals surface area contributed by atoms with Crippen LogP contribution in [0, 0.1) is 6.92 Å². The third-order valence-corrected chi connectivity index (χ3v) is 3.43. The topological polar surface area (TPSA) is 121 Å². The average molecular weight is 287 g/mol. The van der Waals surface area contributed by atoms with Crippen LogP contribution in [-0.4, -0.2) is 35.9 Å². The average Bonchev–Trinajstić information content (AvgIpc) is 2.25. The van der Waals surface area contributed by atoms with Crippen molar-refractivity contribution in [2.24, 2.45) is 0 Å². The maximum Gasteiger partial charge on any atom is 0.333 e. The number of anilines is 1. The molecule has 0 spiro atoms. The summed E-state index contributed by atoms with van der Waals surface area (Å²) in [7, 11) is -4.40. The fraction of sp³-hybridized carbons (Fsp3) is 0.273. The number of aryl methyl sites for hydroxylation is 1. The van der Waals surface area contributed by atoms with Crippen molar-refractivity contribution in [3.8, 4) is 0 Å². The van der Waals surface area contributed by atoms with E-state index >= 15 is 0 Å². The number of ketones is 1. The van der Waals surface area contributed by atoms with E-state index in [1.54, 1.807) is 0 Å². The van der Waals surface area contributed by atoms with Gasteiger partial charge in [-0.15, -0.1) is 0 Å². The zero-order valence-electron chi connectivity index (χ0n) is 10.2. The van der Waals surface area contributed by atoms with E-state index < -0.39 is 27.9 Å². The van der Waals surface area contributed by atoms with Gasteiger partial charge in [0.15, 0.2) is 11.8 Å². The van der Waals surface area contributed by atoms with Crippen molar-refractivity contribution in [1.29, 1.82) is 0 Å². The molecule has 0 aliphatic heterocycles. The number of Topliss-reactive ketones (excluding diaryl/α,β-unsaturated/α-hetero) is 1. The van der Waals surface area contributed by atoms with Crippen LogP contribution >= 0.6 is 0 Å². The van der Waals surface area contributed by atoms with E-state index in [1.807, 2.05) is 0 Å². The lowest BCUT2D eigenvalue weighted by atomic mass is 10.1. The molecular weight excluding hydrogens is 274 g/mol. The fourth-order valence-electron chi connectivity index (χ4n) is 1.47. The highest BCUT2D eigenvalue weighted by molar-refractivity contribution is 7.85. The lowest BCUT2D eigenvalue weighted by Gasteiger charge is -2.14. The predicted molar refractivity (Wildman–Crippen MR) is 66.7 cm³/mol. The van der Waals surface area contributed by atoms with Crippen LogP contribution < -0.4 is 5.32 Å². The highest BCUT2D eigenvalue weighted by Crippen LogP contribution is 2.20. The Labute approximate surface area is 110 Å². The maximum absolute atomic E-state index is 11.1. The van der Waals surface area contributed by atoms with E-state index in [0.29, 0.717) is 5.56 Å². The minimum atomic E-state index is -4.40. The van der Waals surface area contributed by atoms with Gasteiger partial charge >= 0.3 is 5.97 Å². The maximum atomic E-state index is 11.1. The van der Waals surface area contributed by atoms with E-state index in [4.69, 9.17) is 9.66 Å². The van der Waals surface area contributed by atoms with Gasteiger partial charge in [0.1, 0.15) is 0 Å². The van der Waals surface area contributed by atoms with Crippen molar-refractivity contribution in [3.05, 3.63) is 23.8 Å². The summed E-state index contributed by atoms with van der Waals surface area (Å²) >= 11 is 0. The summed E-state index contributed by atoms with van der Waals surface area (Å²) < 4.78 is 31.2. The van der Waals surface area contributed by atoms with Crippen LogP contribution in [0.4, 0.5) is 5.69 Å². The molecule has 3 N–H and O–H groups in total. The molecule has 1 atom stereocenters. The molecule has 0 saturated heterocycles. The fourth-order valence-corrected chi connectivity index (χ4v) is 2.22. The Balaban J connectivity index is 3.17. The van der Waals surface area contributed by atoms with Crippen LogP contribution in [0.5, 0.6) is 0 Å². The predicted octanol–water partition coefficient (Wildman–Crippen LogP) is 0.696. The third kappa shape index (κ3) is 3.76. The zero-order chi connectivity index (χ0) is 14.8. The Morgan fingerprint density at radius 3 is 2.32 bits per heavy atom. The van der Waals surface area contributed by atoms with Gasteiger partial charge in [-0.2, -0.15) is 8.42 Å². The number of rotatable bonds is 5. The first-order valence-electron chi connectivity index (χ1n) is 5.21. The van der Waals surface area contributed by atoms with Crippen LogP contribution in [0.1, 0.15) is 12.5 Å². The number of carboxylic acids is 1. The molecule has 0 aliphatic rings. The molecule has 1 rings (SSSR count). The lowest BCUT2D eigenvalue weighted by molar-refractivity contribution is -0.140. The Kier molecular flexibility index (Phi) is 4.28. The molecule has 0 radical (unpaired) electrons.